The van der Waals surface area contributed by atoms with Crippen molar-refractivity contribution in [3.05, 3.63) is 35.4 Å². The number of fused-ring (bicyclic) bond motifs is 2. The Morgan fingerprint density at radius 1 is 1.36 bits per heavy atom. The highest BCUT2D eigenvalue weighted by molar-refractivity contribution is 6.67. The fourth-order valence-corrected chi connectivity index (χ4v) is 4.19. The number of nitrogens with zero attached hydrogens (tertiary/aromatic N) is 1. The average Bonchev–Trinajstić information content (AvgIpc) is 2.84. The third kappa shape index (κ3) is 3.04. The van der Waals surface area contributed by atoms with Crippen molar-refractivity contribution < 1.29 is 9.90 Å². The van der Waals surface area contributed by atoms with Gasteiger partial charge < -0.3 is 5.11 Å². The number of nitriles is 1. The van der Waals surface area contributed by atoms with Gasteiger partial charge in [-0.25, -0.2) is 5.26 Å². The highest BCUT2D eigenvalue weighted by Gasteiger charge is 2.46. The van der Waals surface area contributed by atoms with Gasteiger partial charge in [0.1, 0.15) is 0 Å². The zero-order chi connectivity index (χ0) is 16.2. The fourth-order valence-electron chi connectivity index (χ4n) is 4.19. The normalized spacial score (nSPS) is 21.5. The molecule has 22 heavy (non-hydrogen) atoms. The first-order valence-corrected chi connectivity index (χ1v) is 8.35. The van der Waals surface area contributed by atoms with E-state index in [0.29, 0.717) is 0 Å². The maximum Gasteiger partial charge on any atom is 0.303 e. The van der Waals surface area contributed by atoms with Gasteiger partial charge in [-0.15, -0.1) is 0 Å². The van der Waals surface area contributed by atoms with Crippen LogP contribution in [-0.2, 0) is 10.2 Å². The van der Waals surface area contributed by atoms with E-state index in [4.69, 9.17) is 10.4 Å². The van der Waals surface area contributed by atoms with Crippen LogP contribution in [0.3, 0.4) is 0 Å². The van der Waals surface area contributed by atoms with E-state index in [1.165, 1.54) is 11.1 Å². The smallest absolute Gasteiger partial charge is 0.303 e. The molecule has 0 saturated carbocycles. The average molecular weight is 297 g/mol. The zero-order valence-corrected chi connectivity index (χ0v) is 13.5. The Kier molecular flexibility index (Phi) is 5.29. The summed E-state index contributed by atoms with van der Waals surface area (Å²) in [4.78, 5) is 11.1. The SMILES string of the molecule is CC.N#CB1CCC2(CC1)CC(CC(=O)O)c1ccccc12. The molecule has 4 heteroatoms. The molecule has 116 valence electrons. The van der Waals surface area contributed by atoms with Crippen LogP contribution in [-0.4, -0.2) is 17.8 Å². The van der Waals surface area contributed by atoms with Crippen molar-refractivity contribution in [3.63, 3.8) is 0 Å². The molecule has 1 spiro atoms. The first-order chi connectivity index (χ1) is 10.6. The van der Waals surface area contributed by atoms with Crippen LogP contribution in [0.15, 0.2) is 24.3 Å². The lowest BCUT2D eigenvalue weighted by Crippen LogP contribution is -2.32. The minimum atomic E-state index is -0.715. The quantitative estimate of drug-likeness (QED) is 0.829. The Balaban J connectivity index is 0.000000847. The third-order valence-electron chi connectivity index (χ3n) is 5.16. The Morgan fingerprint density at radius 3 is 2.59 bits per heavy atom. The molecule has 1 N–H and O–H groups in total. The summed E-state index contributed by atoms with van der Waals surface area (Å²) in [5.41, 5.74) is 2.71. The summed E-state index contributed by atoms with van der Waals surface area (Å²) in [5, 5.41) is 18.2. The molecule has 3 rings (SSSR count). The van der Waals surface area contributed by atoms with Crippen LogP contribution in [0, 0.1) is 11.2 Å². The first-order valence-electron chi connectivity index (χ1n) is 8.35. The van der Waals surface area contributed by atoms with Crippen LogP contribution in [0.25, 0.3) is 0 Å². The zero-order valence-electron chi connectivity index (χ0n) is 13.5. The lowest BCUT2D eigenvalue weighted by atomic mass is 9.39. The minimum Gasteiger partial charge on any atom is -0.481 e. The van der Waals surface area contributed by atoms with Gasteiger partial charge in [0.15, 0.2) is 0 Å². The van der Waals surface area contributed by atoms with Gasteiger partial charge in [-0.1, -0.05) is 50.8 Å². The third-order valence-corrected chi connectivity index (χ3v) is 5.16. The van der Waals surface area contributed by atoms with Crippen molar-refractivity contribution in [2.24, 2.45) is 0 Å². The van der Waals surface area contributed by atoms with Crippen LogP contribution in [0.4, 0.5) is 0 Å². The molecule has 1 aromatic carbocycles. The van der Waals surface area contributed by atoms with Crippen LogP contribution < -0.4 is 0 Å². The first kappa shape index (κ1) is 16.6. The molecule has 0 aromatic heterocycles. The summed E-state index contributed by atoms with van der Waals surface area (Å²) in [6.07, 6.45) is 5.11. The number of carboxylic acids is 1. The minimum absolute atomic E-state index is 0.129. The van der Waals surface area contributed by atoms with Crippen molar-refractivity contribution in [2.45, 2.75) is 63.5 Å². The predicted octanol–water partition coefficient (Wildman–Crippen LogP) is 4.26. The lowest BCUT2D eigenvalue weighted by molar-refractivity contribution is -0.137. The summed E-state index contributed by atoms with van der Waals surface area (Å²) >= 11 is 0. The number of hydrogen-bond acceptors (Lipinski definition) is 2. The Labute approximate surface area is 133 Å². The van der Waals surface area contributed by atoms with Gasteiger partial charge in [0.25, 0.3) is 6.71 Å². The van der Waals surface area contributed by atoms with E-state index >= 15 is 0 Å². The van der Waals surface area contributed by atoms with Crippen molar-refractivity contribution in [3.8, 4) is 5.97 Å². The highest BCUT2D eigenvalue weighted by atomic mass is 16.4. The molecule has 1 aliphatic heterocycles. The molecular weight excluding hydrogens is 273 g/mol. The monoisotopic (exact) mass is 297 g/mol. The van der Waals surface area contributed by atoms with E-state index in [-0.39, 0.29) is 24.5 Å². The van der Waals surface area contributed by atoms with Crippen molar-refractivity contribution >= 4 is 12.7 Å². The van der Waals surface area contributed by atoms with Gasteiger partial charge in [-0.2, -0.15) is 0 Å². The highest BCUT2D eigenvalue weighted by Crippen LogP contribution is 2.54. The lowest BCUT2D eigenvalue weighted by Gasteiger charge is -2.35. The summed E-state index contributed by atoms with van der Waals surface area (Å²) < 4.78 is 0. The van der Waals surface area contributed by atoms with Crippen molar-refractivity contribution in [1.82, 2.24) is 0 Å². The second-order valence-corrected chi connectivity index (χ2v) is 6.27. The second kappa shape index (κ2) is 7.00. The number of carbonyl (C=O) groups is 1. The maximum absolute atomic E-state index is 11.1. The largest absolute Gasteiger partial charge is 0.481 e. The van der Waals surface area contributed by atoms with Gasteiger partial charge in [-0.05, 0) is 41.7 Å². The molecule has 3 nitrogen and oxygen atoms in total. The van der Waals surface area contributed by atoms with E-state index in [0.717, 1.165) is 31.9 Å². The van der Waals surface area contributed by atoms with E-state index in [1.807, 2.05) is 19.9 Å². The topological polar surface area (TPSA) is 61.1 Å². The molecule has 1 aliphatic carbocycles. The molecule has 1 saturated heterocycles. The van der Waals surface area contributed by atoms with Gasteiger partial charge in [0.05, 0.1) is 6.42 Å². The van der Waals surface area contributed by atoms with Crippen molar-refractivity contribution in [1.29, 1.82) is 5.26 Å². The Bertz CT molecular complexity index is 571. The van der Waals surface area contributed by atoms with Gasteiger partial charge >= 0.3 is 5.97 Å². The fraction of sp³-hybridized carbons (Fsp3) is 0.556. The summed E-state index contributed by atoms with van der Waals surface area (Å²) in [6, 6.07) is 8.33. The second-order valence-electron chi connectivity index (χ2n) is 6.27. The predicted molar refractivity (Wildman–Crippen MR) is 89.3 cm³/mol. The molecule has 2 aliphatic rings. The maximum atomic E-state index is 11.1. The number of rotatable bonds is 2. The number of aliphatic carboxylic acids is 1. The Hall–Kier alpha value is -1.76. The van der Waals surface area contributed by atoms with E-state index in [1.54, 1.807) is 0 Å². The van der Waals surface area contributed by atoms with Crippen LogP contribution in [0.1, 0.15) is 56.6 Å². The molecule has 1 atom stereocenters. The molecular formula is C18H24BNO2. The molecule has 0 bridgehead atoms. The molecule has 0 amide bonds. The van der Waals surface area contributed by atoms with Crippen molar-refractivity contribution in [2.75, 3.05) is 0 Å². The van der Waals surface area contributed by atoms with E-state index < -0.39 is 5.97 Å². The van der Waals surface area contributed by atoms with Crippen LogP contribution in [0.2, 0.25) is 12.6 Å². The summed E-state index contributed by atoms with van der Waals surface area (Å²) in [6.45, 7) is 4.19. The van der Waals surface area contributed by atoms with Gasteiger partial charge in [0.2, 0.25) is 0 Å². The molecule has 1 heterocycles. The molecule has 0 radical (unpaired) electrons. The standard InChI is InChI=1S/C16H18BNO2.C2H6/c18-11-17-7-5-16(6-8-17)10-12(9-15(19)20)13-3-1-2-4-14(13)16;1-2/h1-4,12H,5-10H2,(H,19,20);1-2H3. The summed E-state index contributed by atoms with van der Waals surface area (Å²) in [7, 11) is 0. The summed E-state index contributed by atoms with van der Waals surface area (Å²) in [5.74, 6) is 1.81. The number of carboxylic acid groups (broad SMARTS) is 1. The molecule has 1 unspecified atom stereocenters. The van der Waals surface area contributed by atoms with Crippen LogP contribution in [0.5, 0.6) is 0 Å². The number of benzene rings is 1. The van der Waals surface area contributed by atoms with Gasteiger partial charge in [-0.3, -0.25) is 4.79 Å². The van der Waals surface area contributed by atoms with Crippen LogP contribution >= 0.6 is 0 Å². The molecule has 1 aromatic rings. The van der Waals surface area contributed by atoms with E-state index in [9.17, 15) is 4.79 Å². The molecule has 1 fully saturated rings. The van der Waals surface area contributed by atoms with E-state index in [2.05, 4.69) is 24.2 Å². The Morgan fingerprint density at radius 2 is 2.00 bits per heavy atom. The van der Waals surface area contributed by atoms with Gasteiger partial charge in [0, 0.05) is 5.97 Å². The number of hydrogen-bond donors (Lipinski definition) is 1.